The van der Waals surface area contributed by atoms with Crippen LogP contribution in [0.2, 0.25) is 0 Å². The van der Waals surface area contributed by atoms with Crippen molar-refractivity contribution in [1.29, 1.82) is 0 Å². The van der Waals surface area contributed by atoms with Gasteiger partial charge < -0.3 is 5.73 Å². The maximum absolute atomic E-state index is 11.3. The van der Waals surface area contributed by atoms with Gasteiger partial charge in [-0.15, -0.1) is 0 Å². The summed E-state index contributed by atoms with van der Waals surface area (Å²) in [4.78, 5) is 0. The van der Waals surface area contributed by atoms with Crippen molar-refractivity contribution in [3.8, 4) is 0 Å². The molecule has 0 saturated heterocycles. The van der Waals surface area contributed by atoms with Crippen molar-refractivity contribution < 1.29 is 26.1 Å². The molecule has 0 radical (unpaired) electrons. The molecule has 0 heterocycles. The van der Waals surface area contributed by atoms with Crippen LogP contribution in [0.15, 0.2) is 0 Å². The van der Waals surface area contributed by atoms with E-state index in [2.05, 4.69) is 5.73 Å². The van der Waals surface area contributed by atoms with Crippen LogP contribution in [0.1, 0.15) is 0 Å². The van der Waals surface area contributed by atoms with Gasteiger partial charge >= 0.3 is 6.18 Å². The molecule has 0 aromatic carbocycles. The second kappa shape index (κ2) is 2.36. The van der Waals surface area contributed by atoms with Gasteiger partial charge in [0, 0.05) is 0 Å². The lowest BCUT2D eigenvalue weighted by Crippen LogP contribution is -2.43. The molecule has 0 rings (SSSR count). The van der Waals surface area contributed by atoms with Crippen molar-refractivity contribution in [1.82, 2.24) is 0 Å². The minimum atomic E-state index is -5.21. The second-order valence-corrected chi connectivity index (χ2v) is 3.01. The molecule has 0 amide bonds. The lowest BCUT2D eigenvalue weighted by atomic mass is 10.7. The van der Waals surface area contributed by atoms with Gasteiger partial charge in [-0.2, -0.15) is 21.6 Å². The van der Waals surface area contributed by atoms with E-state index in [1.54, 1.807) is 0 Å². The fourth-order valence-corrected chi connectivity index (χ4v) is 0.507. The van der Waals surface area contributed by atoms with Crippen LogP contribution in [0.5, 0.6) is 0 Å². The van der Waals surface area contributed by atoms with Crippen LogP contribution >= 0.6 is 0 Å². The van der Waals surface area contributed by atoms with Crippen LogP contribution in [0.4, 0.5) is 13.2 Å². The van der Waals surface area contributed by atoms with Crippen LogP contribution in [-0.4, -0.2) is 24.5 Å². The van der Waals surface area contributed by atoms with Gasteiger partial charge in [-0.25, -0.2) is 0 Å². The summed E-state index contributed by atoms with van der Waals surface area (Å²) >= 11 is 0. The number of halogens is 3. The minimum absolute atomic E-state index is 3.21. The Kier molecular flexibility index (Phi) is 2.28. The molecular formula is C2H4F3NO3S. The maximum Gasteiger partial charge on any atom is 0.420 e. The normalized spacial score (nSPS) is 16.9. The predicted octanol–water partition coefficient (Wildman–Crippen LogP) is -0.279. The zero-order valence-corrected chi connectivity index (χ0v) is 5.28. The van der Waals surface area contributed by atoms with Gasteiger partial charge in [0.15, 0.2) is 0 Å². The van der Waals surface area contributed by atoms with E-state index in [1.165, 1.54) is 0 Å². The molecule has 0 spiro atoms. The number of alkyl halides is 3. The summed E-state index contributed by atoms with van der Waals surface area (Å²) in [6.07, 6.45) is -5.12. The molecule has 0 aliphatic heterocycles. The van der Waals surface area contributed by atoms with Crippen LogP contribution in [0.25, 0.3) is 0 Å². The highest BCUT2D eigenvalue weighted by molar-refractivity contribution is 7.86. The smallest absolute Gasteiger partial charge is 0.305 e. The SMILES string of the molecule is NC(C(F)(F)F)S(=O)(=O)O. The average Bonchev–Trinajstić information content (AvgIpc) is 1.59. The Morgan fingerprint density at radius 2 is 1.70 bits per heavy atom. The van der Waals surface area contributed by atoms with Crippen molar-refractivity contribution in [3.05, 3.63) is 0 Å². The molecule has 3 N–H and O–H groups in total. The summed E-state index contributed by atoms with van der Waals surface area (Å²) in [5.41, 5.74) is 4.06. The van der Waals surface area contributed by atoms with Gasteiger partial charge in [0.25, 0.3) is 10.1 Å². The molecule has 62 valence electrons. The van der Waals surface area contributed by atoms with E-state index >= 15 is 0 Å². The fraction of sp³-hybridized carbons (Fsp3) is 1.00. The number of hydrogen-bond acceptors (Lipinski definition) is 3. The van der Waals surface area contributed by atoms with Crippen molar-refractivity contribution in [2.75, 3.05) is 0 Å². The van der Waals surface area contributed by atoms with Crippen LogP contribution in [-0.2, 0) is 10.1 Å². The molecular weight excluding hydrogens is 175 g/mol. The van der Waals surface area contributed by atoms with Gasteiger partial charge in [-0.3, -0.25) is 4.55 Å². The lowest BCUT2D eigenvalue weighted by Gasteiger charge is -2.10. The van der Waals surface area contributed by atoms with E-state index in [-0.39, 0.29) is 0 Å². The average molecular weight is 179 g/mol. The monoisotopic (exact) mass is 179 g/mol. The standard InChI is InChI=1S/C2H4F3NO3S/c3-2(4,5)1(6)10(7,8)9/h1H,6H2,(H,7,8,9). The number of hydrogen-bond donors (Lipinski definition) is 2. The minimum Gasteiger partial charge on any atom is -0.305 e. The molecule has 0 bridgehead atoms. The van der Waals surface area contributed by atoms with Crippen LogP contribution in [0.3, 0.4) is 0 Å². The summed E-state index contributed by atoms with van der Waals surface area (Å²) in [6, 6.07) is 0. The highest BCUT2D eigenvalue weighted by Gasteiger charge is 2.45. The van der Waals surface area contributed by atoms with Gasteiger partial charge in [0.1, 0.15) is 0 Å². The van der Waals surface area contributed by atoms with E-state index in [1.807, 2.05) is 0 Å². The van der Waals surface area contributed by atoms with Gasteiger partial charge in [0.05, 0.1) is 0 Å². The van der Waals surface area contributed by atoms with Gasteiger partial charge in [0.2, 0.25) is 5.37 Å². The van der Waals surface area contributed by atoms with Gasteiger partial charge in [-0.05, 0) is 0 Å². The lowest BCUT2D eigenvalue weighted by molar-refractivity contribution is -0.130. The molecule has 1 atom stereocenters. The molecule has 0 fully saturated rings. The Hall–Kier alpha value is -0.340. The van der Waals surface area contributed by atoms with Crippen molar-refractivity contribution in [3.63, 3.8) is 0 Å². The zero-order valence-electron chi connectivity index (χ0n) is 4.46. The topological polar surface area (TPSA) is 80.4 Å². The fourth-order valence-electron chi connectivity index (χ4n) is 0.169. The number of nitrogens with two attached hydrogens (primary N) is 1. The highest BCUT2D eigenvalue weighted by Crippen LogP contribution is 2.21. The summed E-state index contributed by atoms with van der Waals surface area (Å²) in [6.45, 7) is 0. The molecule has 0 aliphatic rings. The van der Waals surface area contributed by atoms with Crippen LogP contribution in [0, 0.1) is 0 Å². The number of rotatable bonds is 1. The Balaban J connectivity index is 4.56. The molecule has 0 aromatic heterocycles. The molecule has 8 heteroatoms. The third kappa shape index (κ3) is 2.50. The third-order valence-electron chi connectivity index (χ3n) is 0.644. The molecule has 0 aliphatic carbocycles. The first-order valence-corrected chi connectivity index (χ1v) is 3.44. The first kappa shape index (κ1) is 9.66. The summed E-state index contributed by atoms with van der Waals surface area (Å²) < 4.78 is 61.0. The summed E-state index contributed by atoms with van der Waals surface area (Å²) in [5.74, 6) is 0. The Bertz CT molecular complexity index is 206. The van der Waals surface area contributed by atoms with E-state index in [9.17, 15) is 21.6 Å². The molecule has 4 nitrogen and oxygen atoms in total. The van der Waals surface area contributed by atoms with Gasteiger partial charge in [-0.1, -0.05) is 0 Å². The van der Waals surface area contributed by atoms with E-state index in [4.69, 9.17) is 4.55 Å². The largest absolute Gasteiger partial charge is 0.420 e. The first-order valence-electron chi connectivity index (χ1n) is 1.94. The molecule has 0 saturated carbocycles. The second-order valence-electron chi connectivity index (χ2n) is 1.48. The maximum atomic E-state index is 11.3. The summed E-state index contributed by atoms with van der Waals surface area (Å²) in [7, 11) is -5.21. The first-order chi connectivity index (χ1) is 4.15. The third-order valence-corrected chi connectivity index (χ3v) is 1.55. The Labute approximate surface area is 54.6 Å². The Morgan fingerprint density at radius 3 is 1.70 bits per heavy atom. The quantitative estimate of drug-likeness (QED) is 0.542. The van der Waals surface area contributed by atoms with E-state index in [0.717, 1.165) is 0 Å². The highest BCUT2D eigenvalue weighted by atomic mass is 32.2. The van der Waals surface area contributed by atoms with Crippen molar-refractivity contribution in [2.45, 2.75) is 11.6 Å². The molecule has 10 heavy (non-hydrogen) atoms. The van der Waals surface area contributed by atoms with E-state index < -0.39 is 21.7 Å². The van der Waals surface area contributed by atoms with Crippen molar-refractivity contribution >= 4 is 10.1 Å². The van der Waals surface area contributed by atoms with Crippen molar-refractivity contribution in [2.24, 2.45) is 5.73 Å². The summed E-state index contributed by atoms with van der Waals surface area (Å²) in [5, 5.41) is -3.21. The molecule has 0 aromatic rings. The predicted molar refractivity (Wildman–Crippen MR) is 25.6 cm³/mol. The zero-order chi connectivity index (χ0) is 8.58. The Morgan fingerprint density at radius 1 is 1.40 bits per heavy atom. The molecule has 1 unspecified atom stereocenters. The van der Waals surface area contributed by atoms with E-state index in [0.29, 0.717) is 0 Å². The van der Waals surface area contributed by atoms with Crippen LogP contribution < -0.4 is 5.73 Å².